The third kappa shape index (κ3) is 5.83. The van der Waals surface area contributed by atoms with Crippen LogP contribution in [-0.2, 0) is 0 Å². The van der Waals surface area contributed by atoms with Crippen molar-refractivity contribution in [2.75, 3.05) is 27.3 Å². The zero-order valence-corrected chi connectivity index (χ0v) is 12.4. The number of hydrogen-bond donors (Lipinski definition) is 1. The zero-order valence-electron chi connectivity index (χ0n) is 12.4. The Bertz CT molecular complexity index is 346. The predicted octanol–water partition coefficient (Wildman–Crippen LogP) is 2.86. The Balaban J connectivity index is 2.50. The Morgan fingerprint density at radius 1 is 1.05 bits per heavy atom. The molecular weight excluding hydrogens is 242 g/mol. The Kier molecular flexibility index (Phi) is 7.11. The fourth-order valence-corrected chi connectivity index (χ4v) is 1.83. The number of nitrogens with one attached hydrogen (secondary N) is 1. The molecule has 1 rings (SSSR count). The minimum absolute atomic E-state index is 0.176. The van der Waals surface area contributed by atoms with Crippen LogP contribution in [0, 0.1) is 0 Å². The molecule has 0 fully saturated rings. The van der Waals surface area contributed by atoms with Gasteiger partial charge in [0.1, 0.15) is 17.2 Å². The van der Waals surface area contributed by atoms with Crippen LogP contribution in [0.3, 0.4) is 0 Å². The van der Waals surface area contributed by atoms with Gasteiger partial charge in [-0.1, -0.05) is 6.92 Å². The molecule has 19 heavy (non-hydrogen) atoms. The van der Waals surface area contributed by atoms with Gasteiger partial charge in [0, 0.05) is 18.2 Å². The topological polar surface area (TPSA) is 39.7 Å². The first-order valence-electron chi connectivity index (χ1n) is 6.80. The van der Waals surface area contributed by atoms with E-state index in [9.17, 15) is 0 Å². The molecule has 0 radical (unpaired) electrons. The number of benzene rings is 1. The monoisotopic (exact) mass is 267 g/mol. The molecule has 0 saturated carbocycles. The third-order valence-corrected chi connectivity index (χ3v) is 2.88. The van der Waals surface area contributed by atoms with E-state index in [1.807, 2.05) is 18.2 Å². The highest BCUT2D eigenvalue weighted by molar-refractivity contribution is 5.42. The van der Waals surface area contributed by atoms with E-state index in [-0.39, 0.29) is 6.10 Å². The molecule has 1 N–H and O–H groups in total. The average molecular weight is 267 g/mol. The quantitative estimate of drug-likeness (QED) is 0.698. The van der Waals surface area contributed by atoms with E-state index in [1.54, 1.807) is 14.2 Å². The van der Waals surface area contributed by atoms with Crippen LogP contribution in [0.2, 0.25) is 0 Å². The van der Waals surface area contributed by atoms with Crippen molar-refractivity contribution >= 4 is 0 Å². The first kappa shape index (κ1) is 15.6. The minimum atomic E-state index is 0.176. The van der Waals surface area contributed by atoms with Gasteiger partial charge in [0.15, 0.2) is 0 Å². The summed E-state index contributed by atoms with van der Waals surface area (Å²) in [7, 11) is 3.27. The molecule has 0 spiro atoms. The molecule has 0 aliphatic carbocycles. The molecule has 4 nitrogen and oxygen atoms in total. The summed E-state index contributed by atoms with van der Waals surface area (Å²) in [6.07, 6.45) is 2.30. The largest absolute Gasteiger partial charge is 0.496 e. The SMILES string of the molecule is CCNCCCC(C)Oc1cc(OC)cc(OC)c1. The van der Waals surface area contributed by atoms with Crippen LogP contribution in [0.5, 0.6) is 17.2 Å². The minimum Gasteiger partial charge on any atom is -0.496 e. The summed E-state index contributed by atoms with van der Waals surface area (Å²) in [5.41, 5.74) is 0. The van der Waals surface area contributed by atoms with E-state index in [0.29, 0.717) is 0 Å². The molecule has 1 aromatic rings. The lowest BCUT2D eigenvalue weighted by molar-refractivity contribution is 0.206. The summed E-state index contributed by atoms with van der Waals surface area (Å²) < 4.78 is 16.3. The van der Waals surface area contributed by atoms with E-state index >= 15 is 0 Å². The standard InChI is InChI=1S/C15H25NO3/c1-5-16-8-6-7-12(2)19-15-10-13(17-3)9-14(11-15)18-4/h9-12,16H,5-8H2,1-4H3. The molecule has 1 atom stereocenters. The molecule has 4 heteroatoms. The first-order valence-corrected chi connectivity index (χ1v) is 6.80. The van der Waals surface area contributed by atoms with Crippen LogP contribution >= 0.6 is 0 Å². The number of ether oxygens (including phenoxy) is 3. The molecular formula is C15H25NO3. The second kappa shape index (κ2) is 8.64. The second-order valence-electron chi connectivity index (χ2n) is 4.47. The third-order valence-electron chi connectivity index (χ3n) is 2.88. The van der Waals surface area contributed by atoms with Crippen molar-refractivity contribution in [3.8, 4) is 17.2 Å². The summed E-state index contributed by atoms with van der Waals surface area (Å²) in [6, 6.07) is 5.59. The summed E-state index contributed by atoms with van der Waals surface area (Å²) >= 11 is 0. The van der Waals surface area contributed by atoms with Gasteiger partial charge in [-0.25, -0.2) is 0 Å². The lowest BCUT2D eigenvalue weighted by Gasteiger charge is -2.16. The Morgan fingerprint density at radius 2 is 1.63 bits per heavy atom. The average Bonchev–Trinajstić information content (AvgIpc) is 2.43. The van der Waals surface area contributed by atoms with Crippen LogP contribution in [-0.4, -0.2) is 33.4 Å². The summed E-state index contributed by atoms with van der Waals surface area (Å²) in [4.78, 5) is 0. The van der Waals surface area contributed by atoms with Crippen LogP contribution in [0.25, 0.3) is 0 Å². The predicted molar refractivity (Wildman–Crippen MR) is 77.4 cm³/mol. The maximum atomic E-state index is 5.89. The van der Waals surface area contributed by atoms with Crippen molar-refractivity contribution in [1.82, 2.24) is 5.32 Å². The molecule has 0 bridgehead atoms. The lowest BCUT2D eigenvalue weighted by Crippen LogP contribution is -2.18. The van der Waals surface area contributed by atoms with Gasteiger partial charge in [0.2, 0.25) is 0 Å². The first-order chi connectivity index (χ1) is 9.19. The maximum Gasteiger partial charge on any atom is 0.127 e. The van der Waals surface area contributed by atoms with Gasteiger partial charge in [-0.15, -0.1) is 0 Å². The van der Waals surface area contributed by atoms with Crippen molar-refractivity contribution in [2.24, 2.45) is 0 Å². The Morgan fingerprint density at radius 3 is 2.16 bits per heavy atom. The molecule has 1 aromatic carbocycles. The van der Waals surface area contributed by atoms with E-state index in [1.165, 1.54) is 0 Å². The lowest BCUT2D eigenvalue weighted by atomic mass is 10.2. The zero-order chi connectivity index (χ0) is 14.1. The molecule has 0 amide bonds. The second-order valence-corrected chi connectivity index (χ2v) is 4.47. The molecule has 0 saturated heterocycles. The number of hydrogen-bond acceptors (Lipinski definition) is 4. The normalized spacial score (nSPS) is 12.0. The Labute approximate surface area is 116 Å². The summed E-state index contributed by atoms with van der Waals surface area (Å²) in [5.74, 6) is 2.27. The fraction of sp³-hybridized carbons (Fsp3) is 0.600. The highest BCUT2D eigenvalue weighted by atomic mass is 16.5. The van der Waals surface area contributed by atoms with E-state index in [4.69, 9.17) is 14.2 Å². The van der Waals surface area contributed by atoms with Crippen molar-refractivity contribution in [1.29, 1.82) is 0 Å². The molecule has 0 heterocycles. The van der Waals surface area contributed by atoms with Crippen molar-refractivity contribution in [3.05, 3.63) is 18.2 Å². The van der Waals surface area contributed by atoms with E-state index in [2.05, 4.69) is 19.2 Å². The van der Waals surface area contributed by atoms with Gasteiger partial charge in [-0.05, 0) is 32.9 Å². The number of methoxy groups -OCH3 is 2. The van der Waals surface area contributed by atoms with Crippen LogP contribution in [0.15, 0.2) is 18.2 Å². The molecule has 0 aliphatic heterocycles. The molecule has 0 aliphatic rings. The smallest absolute Gasteiger partial charge is 0.127 e. The highest BCUT2D eigenvalue weighted by Gasteiger charge is 2.07. The molecule has 108 valence electrons. The highest BCUT2D eigenvalue weighted by Crippen LogP contribution is 2.28. The van der Waals surface area contributed by atoms with Gasteiger partial charge >= 0.3 is 0 Å². The molecule has 0 aromatic heterocycles. The van der Waals surface area contributed by atoms with Crippen LogP contribution in [0.1, 0.15) is 26.7 Å². The summed E-state index contributed by atoms with van der Waals surface area (Å²) in [5, 5.41) is 3.31. The van der Waals surface area contributed by atoms with Gasteiger partial charge in [-0.3, -0.25) is 0 Å². The van der Waals surface area contributed by atoms with Gasteiger partial charge < -0.3 is 19.5 Å². The summed E-state index contributed by atoms with van der Waals surface area (Å²) in [6.45, 7) is 6.24. The van der Waals surface area contributed by atoms with E-state index < -0.39 is 0 Å². The van der Waals surface area contributed by atoms with Crippen LogP contribution < -0.4 is 19.5 Å². The number of rotatable bonds is 9. The molecule has 1 unspecified atom stereocenters. The van der Waals surface area contributed by atoms with Crippen molar-refractivity contribution in [2.45, 2.75) is 32.8 Å². The van der Waals surface area contributed by atoms with Crippen molar-refractivity contribution < 1.29 is 14.2 Å². The van der Waals surface area contributed by atoms with Crippen molar-refractivity contribution in [3.63, 3.8) is 0 Å². The fourth-order valence-electron chi connectivity index (χ4n) is 1.83. The van der Waals surface area contributed by atoms with Gasteiger partial charge in [0.25, 0.3) is 0 Å². The van der Waals surface area contributed by atoms with E-state index in [0.717, 1.165) is 43.2 Å². The maximum absolute atomic E-state index is 5.89. The van der Waals surface area contributed by atoms with Crippen LogP contribution in [0.4, 0.5) is 0 Å². The Hall–Kier alpha value is -1.42. The van der Waals surface area contributed by atoms with Gasteiger partial charge in [-0.2, -0.15) is 0 Å². The van der Waals surface area contributed by atoms with Gasteiger partial charge in [0.05, 0.1) is 20.3 Å².